The minimum absolute atomic E-state index is 0. The minimum Gasteiger partial charge on any atom is -0.358 e. The zero-order chi connectivity index (χ0) is 5.21. The van der Waals surface area contributed by atoms with E-state index in [-0.39, 0.29) is 7.43 Å². The molecule has 0 aromatic heterocycles. The zero-order valence-corrected chi connectivity index (χ0v) is 6.63. The molecule has 0 aliphatic heterocycles. The Labute approximate surface area is 47.6 Å². The summed E-state index contributed by atoms with van der Waals surface area (Å²) in [5.41, 5.74) is 5.35. The first-order valence-electron chi connectivity index (χ1n) is 2.07. The third-order valence-corrected chi connectivity index (χ3v) is 1.64. The quantitative estimate of drug-likeness (QED) is 0.410. The molecule has 2 N–H and O–H groups in total. The lowest BCUT2D eigenvalue weighted by Gasteiger charge is -2.04. The van der Waals surface area contributed by atoms with Crippen molar-refractivity contribution >= 4 is 7.26 Å². The molecule has 0 heterocycles. The van der Waals surface area contributed by atoms with Crippen molar-refractivity contribution in [3.05, 3.63) is 7.43 Å². The third kappa shape index (κ3) is 10.7. The van der Waals surface area contributed by atoms with E-state index in [1.165, 1.54) is 0 Å². The fourth-order valence-electron chi connectivity index (χ4n) is 0. The molecule has 7 heavy (non-hydrogen) atoms. The average molecular weight is 121 g/mol. The van der Waals surface area contributed by atoms with E-state index in [9.17, 15) is 0 Å². The van der Waals surface area contributed by atoms with Crippen molar-refractivity contribution in [2.24, 2.45) is 5.73 Å². The van der Waals surface area contributed by atoms with Gasteiger partial charge >= 0.3 is 0 Å². The second kappa shape index (κ2) is 3.40. The molecule has 0 aromatic carbocycles. The van der Waals surface area contributed by atoms with E-state index in [4.69, 9.17) is 5.73 Å². The molecule has 0 bridgehead atoms. The summed E-state index contributed by atoms with van der Waals surface area (Å²) in [6.07, 6.45) is 0.882. The number of hydrogen-bond donors (Lipinski definition) is 1. The highest BCUT2D eigenvalue weighted by atomic mass is 31.2. The van der Waals surface area contributed by atoms with Crippen LogP contribution in [0.4, 0.5) is 0 Å². The second-order valence-electron chi connectivity index (χ2n) is 2.47. The predicted octanol–water partition coefficient (Wildman–Crippen LogP) is 1.26. The largest absolute Gasteiger partial charge is 0.358 e. The van der Waals surface area contributed by atoms with Crippen LogP contribution >= 0.6 is 7.26 Å². The van der Waals surface area contributed by atoms with E-state index < -0.39 is 7.26 Å². The van der Waals surface area contributed by atoms with Crippen molar-refractivity contribution in [1.82, 2.24) is 0 Å². The van der Waals surface area contributed by atoms with Crippen molar-refractivity contribution in [3.8, 4) is 0 Å². The standard InChI is InChI=1S/C4H13NP.CH3/c1-6(2,3)4-5;/h4-5H2,1-3H3;1H3/q+1;-1. The zero-order valence-electron chi connectivity index (χ0n) is 5.73. The van der Waals surface area contributed by atoms with E-state index in [0.29, 0.717) is 0 Å². The molecule has 0 aromatic rings. The van der Waals surface area contributed by atoms with Crippen LogP contribution in [0.5, 0.6) is 0 Å². The Morgan fingerprint density at radius 3 is 1.43 bits per heavy atom. The molecule has 1 nitrogen and oxygen atoms in total. The Morgan fingerprint density at radius 2 is 1.43 bits per heavy atom. The van der Waals surface area contributed by atoms with Crippen LogP contribution in [0, 0.1) is 7.43 Å². The SMILES string of the molecule is C[P+](C)(C)CN.[CH3-]. The third-order valence-electron chi connectivity index (χ3n) is 0.548. The summed E-state index contributed by atoms with van der Waals surface area (Å²) in [7, 11) is -0.619. The molecule has 0 rings (SSSR count). The fourth-order valence-corrected chi connectivity index (χ4v) is 0. The van der Waals surface area contributed by atoms with Gasteiger partial charge in [-0.25, -0.2) is 0 Å². The van der Waals surface area contributed by atoms with Crippen LogP contribution in [0.15, 0.2) is 0 Å². The molecule has 0 radical (unpaired) electrons. The summed E-state index contributed by atoms with van der Waals surface area (Å²) in [6, 6.07) is 0. The van der Waals surface area contributed by atoms with Crippen molar-refractivity contribution < 1.29 is 0 Å². The molecular formula is C5H16NP. The first-order chi connectivity index (χ1) is 2.56. The summed E-state index contributed by atoms with van der Waals surface area (Å²) in [6.45, 7) is 6.69. The van der Waals surface area contributed by atoms with Crippen molar-refractivity contribution in [1.29, 1.82) is 0 Å². The highest BCUT2D eigenvalue weighted by Gasteiger charge is 2.11. The Balaban J connectivity index is 0. The topological polar surface area (TPSA) is 26.0 Å². The van der Waals surface area contributed by atoms with Gasteiger partial charge in [0.15, 0.2) is 0 Å². The van der Waals surface area contributed by atoms with Crippen molar-refractivity contribution in [2.45, 2.75) is 0 Å². The molecule has 0 atom stereocenters. The van der Waals surface area contributed by atoms with Crippen molar-refractivity contribution in [2.75, 3.05) is 26.3 Å². The minimum atomic E-state index is -0.619. The molecule has 0 saturated heterocycles. The Morgan fingerprint density at radius 1 is 1.29 bits per heavy atom. The first-order valence-corrected chi connectivity index (χ1v) is 5.38. The van der Waals surface area contributed by atoms with Crippen LogP contribution < -0.4 is 5.73 Å². The molecule has 0 aliphatic carbocycles. The van der Waals surface area contributed by atoms with Gasteiger partial charge < -0.3 is 7.43 Å². The Hall–Kier alpha value is 0.390. The molecule has 46 valence electrons. The fraction of sp³-hybridized carbons (Fsp3) is 0.800. The van der Waals surface area contributed by atoms with Gasteiger partial charge in [0.05, 0.1) is 0 Å². The van der Waals surface area contributed by atoms with Gasteiger partial charge in [0.25, 0.3) is 0 Å². The molecular weight excluding hydrogens is 105 g/mol. The predicted molar refractivity (Wildman–Crippen MR) is 40.2 cm³/mol. The molecule has 0 spiro atoms. The van der Waals surface area contributed by atoms with E-state index >= 15 is 0 Å². The van der Waals surface area contributed by atoms with Gasteiger partial charge in [0.1, 0.15) is 6.29 Å². The highest BCUT2D eigenvalue weighted by Crippen LogP contribution is 2.43. The average Bonchev–Trinajstić information content (AvgIpc) is 1.35. The van der Waals surface area contributed by atoms with E-state index in [0.717, 1.165) is 6.29 Å². The van der Waals surface area contributed by atoms with Gasteiger partial charge in [0, 0.05) is 27.3 Å². The summed E-state index contributed by atoms with van der Waals surface area (Å²) >= 11 is 0. The lowest BCUT2D eigenvalue weighted by Crippen LogP contribution is -2.02. The summed E-state index contributed by atoms with van der Waals surface area (Å²) in [5, 5.41) is 0. The maximum Gasteiger partial charge on any atom is 0.106 e. The van der Waals surface area contributed by atoms with E-state index in [2.05, 4.69) is 20.0 Å². The van der Waals surface area contributed by atoms with Crippen LogP contribution in [0.2, 0.25) is 0 Å². The van der Waals surface area contributed by atoms with Crippen LogP contribution in [0.1, 0.15) is 0 Å². The van der Waals surface area contributed by atoms with Gasteiger partial charge in [-0.1, -0.05) is 0 Å². The second-order valence-corrected chi connectivity index (χ2v) is 7.42. The summed E-state index contributed by atoms with van der Waals surface area (Å²) in [4.78, 5) is 0. The number of rotatable bonds is 1. The molecule has 0 fully saturated rings. The molecule has 0 unspecified atom stereocenters. The van der Waals surface area contributed by atoms with E-state index in [1.54, 1.807) is 0 Å². The molecule has 0 amide bonds. The highest BCUT2D eigenvalue weighted by molar-refractivity contribution is 7.73. The summed E-state index contributed by atoms with van der Waals surface area (Å²) < 4.78 is 0. The number of hydrogen-bond acceptors (Lipinski definition) is 1. The van der Waals surface area contributed by atoms with Gasteiger partial charge in [-0.05, 0) is 0 Å². The maximum absolute atomic E-state index is 5.35. The lowest BCUT2D eigenvalue weighted by atomic mass is 11.5. The maximum atomic E-state index is 5.35. The normalized spacial score (nSPS) is 10.3. The molecule has 0 saturated carbocycles. The molecule has 0 aliphatic rings. The van der Waals surface area contributed by atoms with E-state index in [1.807, 2.05) is 0 Å². The Kier molecular flexibility index (Phi) is 5.04. The Bertz CT molecular complexity index is 37.8. The number of nitrogens with two attached hydrogens (primary N) is 1. The summed E-state index contributed by atoms with van der Waals surface area (Å²) in [5.74, 6) is 0. The monoisotopic (exact) mass is 121 g/mol. The lowest BCUT2D eigenvalue weighted by molar-refractivity contribution is 1.36. The van der Waals surface area contributed by atoms with Gasteiger partial charge in [-0.2, -0.15) is 0 Å². The van der Waals surface area contributed by atoms with Crippen LogP contribution in [-0.2, 0) is 0 Å². The van der Waals surface area contributed by atoms with Gasteiger partial charge in [-0.15, -0.1) is 0 Å². The molecule has 2 heteroatoms. The van der Waals surface area contributed by atoms with Crippen LogP contribution in [0.25, 0.3) is 0 Å². The van der Waals surface area contributed by atoms with Crippen LogP contribution in [-0.4, -0.2) is 26.3 Å². The first kappa shape index (κ1) is 10.4. The van der Waals surface area contributed by atoms with Gasteiger partial charge in [-0.3, -0.25) is 5.73 Å². The van der Waals surface area contributed by atoms with Gasteiger partial charge in [0.2, 0.25) is 0 Å². The van der Waals surface area contributed by atoms with Crippen molar-refractivity contribution in [3.63, 3.8) is 0 Å². The van der Waals surface area contributed by atoms with Crippen LogP contribution in [0.3, 0.4) is 0 Å². The smallest absolute Gasteiger partial charge is 0.106 e.